The van der Waals surface area contributed by atoms with Gasteiger partial charge < -0.3 is 0 Å². The second-order valence-electron chi connectivity index (χ2n) is 5.55. The first kappa shape index (κ1) is 16.2. The van der Waals surface area contributed by atoms with Gasteiger partial charge in [0.1, 0.15) is 0 Å². The highest BCUT2D eigenvalue weighted by atomic mass is 15.4. The molecule has 0 aliphatic rings. The zero-order chi connectivity index (χ0) is 13.8. The van der Waals surface area contributed by atoms with Crippen molar-refractivity contribution in [3.8, 4) is 0 Å². The zero-order valence-electron chi connectivity index (χ0n) is 12.9. The van der Waals surface area contributed by atoms with Gasteiger partial charge in [-0.25, -0.2) is 0 Å². The maximum atomic E-state index is 4.22. The lowest BCUT2D eigenvalue weighted by Gasteiger charge is -2.01. The lowest BCUT2D eigenvalue weighted by molar-refractivity contribution is 0.510. The van der Waals surface area contributed by atoms with E-state index in [1.54, 1.807) is 0 Å². The van der Waals surface area contributed by atoms with Crippen LogP contribution in [-0.4, -0.2) is 15.0 Å². The highest BCUT2D eigenvalue weighted by Gasteiger charge is 2.00. The first-order valence-corrected chi connectivity index (χ1v) is 8.25. The third-order valence-corrected chi connectivity index (χ3v) is 3.61. The molecule has 1 heterocycles. The number of nitrogens with zero attached hydrogens (tertiary/aromatic N) is 3. The van der Waals surface area contributed by atoms with Crippen LogP contribution < -0.4 is 0 Å². The van der Waals surface area contributed by atoms with E-state index in [0.717, 1.165) is 18.7 Å². The second kappa shape index (κ2) is 11.0. The third kappa shape index (κ3) is 8.02. The van der Waals surface area contributed by atoms with Gasteiger partial charge >= 0.3 is 0 Å². The molecule has 3 heteroatoms. The Labute approximate surface area is 118 Å². The molecule has 3 nitrogen and oxygen atoms in total. The van der Waals surface area contributed by atoms with Crippen molar-refractivity contribution in [2.75, 3.05) is 0 Å². The van der Waals surface area contributed by atoms with E-state index in [0.29, 0.717) is 0 Å². The molecule has 0 aliphatic carbocycles. The highest BCUT2D eigenvalue weighted by molar-refractivity contribution is 4.91. The van der Waals surface area contributed by atoms with Crippen molar-refractivity contribution >= 4 is 0 Å². The second-order valence-corrected chi connectivity index (χ2v) is 5.55. The molecule has 0 aliphatic heterocycles. The minimum absolute atomic E-state index is 1.04. The molecule has 110 valence electrons. The highest BCUT2D eigenvalue weighted by Crippen LogP contribution is 2.09. The van der Waals surface area contributed by atoms with E-state index in [9.17, 15) is 0 Å². The van der Waals surface area contributed by atoms with Gasteiger partial charge in [0.2, 0.25) is 0 Å². The van der Waals surface area contributed by atoms with Gasteiger partial charge in [-0.3, -0.25) is 4.68 Å². The molecule has 0 atom stereocenters. The Kier molecular flexibility index (Phi) is 9.38. The number of aromatic nitrogens is 3. The van der Waals surface area contributed by atoms with Gasteiger partial charge in [-0.1, -0.05) is 70.4 Å². The molecule has 0 saturated heterocycles. The Morgan fingerprint density at radius 2 is 1.47 bits per heavy atom. The summed E-state index contributed by atoms with van der Waals surface area (Å²) < 4.78 is 2.02. The molecular formula is C16H31N3. The lowest BCUT2D eigenvalue weighted by Crippen LogP contribution is -1.98. The number of rotatable bonds is 12. The summed E-state index contributed by atoms with van der Waals surface area (Å²) in [5.74, 6) is 0. The smallest absolute Gasteiger partial charge is 0.0827 e. The average molecular weight is 265 g/mol. The molecule has 19 heavy (non-hydrogen) atoms. The van der Waals surface area contributed by atoms with Crippen LogP contribution in [0.2, 0.25) is 0 Å². The van der Waals surface area contributed by atoms with Crippen molar-refractivity contribution in [1.82, 2.24) is 15.0 Å². The fourth-order valence-corrected chi connectivity index (χ4v) is 2.33. The van der Waals surface area contributed by atoms with Crippen LogP contribution in [-0.2, 0) is 13.0 Å². The largest absolute Gasteiger partial charge is 0.252 e. The van der Waals surface area contributed by atoms with Gasteiger partial charge in [-0.15, -0.1) is 5.10 Å². The summed E-state index contributed by atoms with van der Waals surface area (Å²) in [5, 5.41) is 8.41. The molecule has 0 radical (unpaired) electrons. The molecule has 0 spiro atoms. The molecule has 0 aromatic carbocycles. The van der Waals surface area contributed by atoms with Crippen LogP contribution in [0.3, 0.4) is 0 Å². The van der Waals surface area contributed by atoms with E-state index in [1.807, 2.05) is 4.68 Å². The van der Waals surface area contributed by atoms with Crippen LogP contribution in [0.25, 0.3) is 0 Å². The molecule has 0 N–H and O–H groups in total. The van der Waals surface area contributed by atoms with E-state index in [4.69, 9.17) is 0 Å². The normalized spacial score (nSPS) is 11.1. The van der Waals surface area contributed by atoms with E-state index >= 15 is 0 Å². The lowest BCUT2D eigenvalue weighted by atomic mass is 10.1. The molecule has 0 bridgehead atoms. The van der Waals surface area contributed by atoms with E-state index in [1.165, 1.54) is 64.2 Å². The van der Waals surface area contributed by atoms with Crippen LogP contribution in [0.5, 0.6) is 0 Å². The van der Waals surface area contributed by atoms with Crippen LogP contribution in [0.1, 0.15) is 83.7 Å². The Balaban J connectivity index is 1.98. The van der Waals surface area contributed by atoms with Gasteiger partial charge in [0, 0.05) is 12.7 Å². The van der Waals surface area contributed by atoms with Gasteiger partial charge in [-0.2, -0.15) is 0 Å². The summed E-state index contributed by atoms with van der Waals surface area (Å²) in [4.78, 5) is 0. The Hall–Kier alpha value is -0.860. The quantitative estimate of drug-likeness (QED) is 0.510. The summed E-state index contributed by atoms with van der Waals surface area (Å²) >= 11 is 0. The minimum atomic E-state index is 1.04. The van der Waals surface area contributed by atoms with E-state index in [-0.39, 0.29) is 0 Å². The van der Waals surface area contributed by atoms with Crippen LogP contribution in [0.15, 0.2) is 6.20 Å². The fourth-order valence-electron chi connectivity index (χ4n) is 2.33. The summed E-state index contributed by atoms with van der Waals surface area (Å²) in [7, 11) is 0. The SMILES string of the molecule is CCCCCCCCCCn1cc(CCCC)nn1. The van der Waals surface area contributed by atoms with Crippen molar-refractivity contribution < 1.29 is 0 Å². The van der Waals surface area contributed by atoms with Crippen molar-refractivity contribution in [3.05, 3.63) is 11.9 Å². The van der Waals surface area contributed by atoms with Gasteiger partial charge in [0.05, 0.1) is 5.69 Å². The summed E-state index contributed by atoms with van der Waals surface area (Å²) in [6.07, 6.45) is 16.6. The molecule has 0 saturated carbocycles. The molecular weight excluding hydrogens is 234 g/mol. The molecule has 0 unspecified atom stereocenters. The number of hydrogen-bond acceptors (Lipinski definition) is 2. The van der Waals surface area contributed by atoms with Crippen molar-refractivity contribution in [2.24, 2.45) is 0 Å². The van der Waals surface area contributed by atoms with Gasteiger partial charge in [0.25, 0.3) is 0 Å². The van der Waals surface area contributed by atoms with E-state index in [2.05, 4.69) is 30.4 Å². The van der Waals surface area contributed by atoms with Gasteiger partial charge in [-0.05, 0) is 19.3 Å². The summed E-state index contributed by atoms with van der Waals surface area (Å²) in [6.45, 7) is 5.52. The van der Waals surface area contributed by atoms with Crippen LogP contribution in [0.4, 0.5) is 0 Å². The standard InChI is InChI=1S/C16H31N3/c1-3-5-7-8-9-10-11-12-14-19-15-16(17-18-19)13-6-4-2/h15H,3-14H2,1-2H3. The molecule has 0 amide bonds. The maximum absolute atomic E-state index is 4.22. The van der Waals surface area contributed by atoms with Crippen molar-refractivity contribution in [1.29, 1.82) is 0 Å². The minimum Gasteiger partial charge on any atom is -0.252 e. The Morgan fingerprint density at radius 3 is 2.16 bits per heavy atom. The fraction of sp³-hybridized carbons (Fsp3) is 0.875. The monoisotopic (exact) mass is 265 g/mol. The van der Waals surface area contributed by atoms with E-state index < -0.39 is 0 Å². The number of unbranched alkanes of at least 4 members (excludes halogenated alkanes) is 8. The number of hydrogen-bond donors (Lipinski definition) is 0. The van der Waals surface area contributed by atoms with Gasteiger partial charge in [0.15, 0.2) is 0 Å². The molecule has 1 aromatic heterocycles. The summed E-state index contributed by atoms with van der Waals surface area (Å²) in [5.41, 5.74) is 1.15. The predicted octanol–water partition coefficient (Wildman–Crippen LogP) is 4.76. The Morgan fingerprint density at radius 1 is 0.842 bits per heavy atom. The Bertz CT molecular complexity index is 307. The topological polar surface area (TPSA) is 30.7 Å². The van der Waals surface area contributed by atoms with Crippen LogP contribution in [0, 0.1) is 0 Å². The van der Waals surface area contributed by atoms with Crippen LogP contribution >= 0.6 is 0 Å². The molecule has 1 aromatic rings. The summed E-state index contributed by atoms with van der Waals surface area (Å²) in [6, 6.07) is 0. The molecule has 1 rings (SSSR count). The molecule has 0 fully saturated rings. The van der Waals surface area contributed by atoms with Crippen molar-refractivity contribution in [3.63, 3.8) is 0 Å². The predicted molar refractivity (Wildman–Crippen MR) is 81.2 cm³/mol. The first-order chi connectivity index (χ1) is 9.36. The zero-order valence-corrected chi connectivity index (χ0v) is 12.9. The average Bonchev–Trinajstić information content (AvgIpc) is 2.87. The third-order valence-electron chi connectivity index (χ3n) is 3.61. The first-order valence-electron chi connectivity index (χ1n) is 8.25. The maximum Gasteiger partial charge on any atom is 0.0827 e. The number of aryl methyl sites for hydroxylation is 2. The van der Waals surface area contributed by atoms with Crippen molar-refractivity contribution in [2.45, 2.75) is 91.0 Å².